The van der Waals surface area contributed by atoms with E-state index < -0.39 is 5.97 Å². The fourth-order valence-electron chi connectivity index (χ4n) is 3.04. The van der Waals surface area contributed by atoms with Gasteiger partial charge < -0.3 is 9.14 Å². The lowest BCUT2D eigenvalue weighted by molar-refractivity contribution is 0.0529. The summed E-state index contributed by atoms with van der Waals surface area (Å²) in [6.45, 7) is 2.06. The van der Waals surface area contributed by atoms with Gasteiger partial charge in [-0.05, 0) is 35.9 Å². The van der Waals surface area contributed by atoms with E-state index in [1.54, 1.807) is 23.5 Å². The molecule has 4 rings (SSSR count). The number of ketones is 1. The summed E-state index contributed by atoms with van der Waals surface area (Å²) in [6.07, 6.45) is 1.83. The van der Waals surface area contributed by atoms with Gasteiger partial charge in [0.2, 0.25) is 5.78 Å². The zero-order valence-electron chi connectivity index (χ0n) is 13.6. The van der Waals surface area contributed by atoms with Crippen LogP contribution < -0.4 is 0 Å². The summed E-state index contributed by atoms with van der Waals surface area (Å²) in [6, 6.07) is 15.0. The van der Waals surface area contributed by atoms with Crippen LogP contribution in [-0.4, -0.2) is 22.8 Å². The van der Waals surface area contributed by atoms with Crippen LogP contribution >= 0.6 is 11.3 Å². The predicted molar refractivity (Wildman–Crippen MR) is 98.6 cm³/mol. The van der Waals surface area contributed by atoms with Gasteiger partial charge >= 0.3 is 5.97 Å². The SMILES string of the molecule is CCOC(=O)c1cc(C(=O)c2cccs2)n2ccc3ccccc3c12. The van der Waals surface area contributed by atoms with Crippen molar-refractivity contribution in [2.75, 3.05) is 6.61 Å². The highest BCUT2D eigenvalue weighted by Gasteiger charge is 2.23. The molecule has 0 spiro atoms. The fraction of sp³-hybridized carbons (Fsp3) is 0.100. The molecule has 0 saturated carbocycles. The van der Waals surface area contributed by atoms with Gasteiger partial charge in [0.1, 0.15) is 0 Å². The van der Waals surface area contributed by atoms with Gasteiger partial charge in [-0.3, -0.25) is 4.79 Å². The molecule has 1 aromatic carbocycles. The minimum Gasteiger partial charge on any atom is -0.462 e. The molecule has 0 radical (unpaired) electrons. The molecule has 0 atom stereocenters. The van der Waals surface area contributed by atoms with Gasteiger partial charge in [-0.1, -0.05) is 30.3 Å². The van der Waals surface area contributed by atoms with E-state index in [2.05, 4.69) is 0 Å². The van der Waals surface area contributed by atoms with E-state index in [9.17, 15) is 9.59 Å². The number of carbonyl (C=O) groups excluding carboxylic acids is 2. The molecule has 0 unspecified atom stereocenters. The smallest absolute Gasteiger partial charge is 0.340 e. The summed E-state index contributed by atoms with van der Waals surface area (Å²) in [5, 5.41) is 3.79. The molecule has 124 valence electrons. The molecule has 0 aliphatic rings. The van der Waals surface area contributed by atoms with E-state index in [0.29, 0.717) is 21.7 Å². The van der Waals surface area contributed by atoms with Crippen LogP contribution in [0.25, 0.3) is 16.3 Å². The summed E-state index contributed by atoms with van der Waals surface area (Å²) >= 11 is 1.39. The van der Waals surface area contributed by atoms with E-state index in [1.165, 1.54) is 11.3 Å². The number of thiophene rings is 1. The van der Waals surface area contributed by atoms with Gasteiger partial charge in [0.15, 0.2) is 0 Å². The number of esters is 1. The number of aromatic nitrogens is 1. The van der Waals surface area contributed by atoms with Crippen LogP contribution in [-0.2, 0) is 4.74 Å². The minimum absolute atomic E-state index is 0.101. The van der Waals surface area contributed by atoms with Gasteiger partial charge in [0.25, 0.3) is 0 Å². The van der Waals surface area contributed by atoms with Crippen molar-refractivity contribution < 1.29 is 14.3 Å². The van der Waals surface area contributed by atoms with E-state index in [1.807, 2.05) is 48.0 Å². The Morgan fingerprint density at radius 1 is 1.12 bits per heavy atom. The van der Waals surface area contributed by atoms with Crippen LogP contribution in [0.5, 0.6) is 0 Å². The number of fused-ring (bicyclic) bond motifs is 3. The van der Waals surface area contributed by atoms with E-state index >= 15 is 0 Å². The van der Waals surface area contributed by atoms with Crippen LogP contribution in [0.3, 0.4) is 0 Å². The molecule has 0 aliphatic carbocycles. The standard InChI is InChI=1S/C20H15NO3S/c1-2-24-20(23)15-12-16(19(22)17-8-5-11-25-17)21-10-9-13-6-3-4-7-14(13)18(15)21/h3-12H,2H2,1H3. The Kier molecular flexibility index (Phi) is 3.86. The molecule has 4 nitrogen and oxygen atoms in total. The van der Waals surface area contributed by atoms with Crippen LogP contribution in [0.15, 0.2) is 60.1 Å². The lowest BCUT2D eigenvalue weighted by Gasteiger charge is -2.06. The monoisotopic (exact) mass is 349 g/mol. The van der Waals surface area contributed by atoms with Gasteiger partial charge in [0.05, 0.1) is 28.3 Å². The fourth-order valence-corrected chi connectivity index (χ4v) is 3.71. The van der Waals surface area contributed by atoms with Crippen LogP contribution in [0, 0.1) is 0 Å². The largest absolute Gasteiger partial charge is 0.462 e. The molecule has 0 fully saturated rings. The van der Waals surface area contributed by atoms with E-state index in [4.69, 9.17) is 4.74 Å². The Morgan fingerprint density at radius 3 is 2.72 bits per heavy atom. The first kappa shape index (κ1) is 15.6. The summed E-state index contributed by atoms with van der Waals surface area (Å²) in [7, 11) is 0. The summed E-state index contributed by atoms with van der Waals surface area (Å²) in [5.74, 6) is -0.516. The molecule has 0 saturated heterocycles. The number of hydrogen-bond donors (Lipinski definition) is 0. The van der Waals surface area contributed by atoms with Crippen LogP contribution in [0.4, 0.5) is 0 Å². The van der Waals surface area contributed by atoms with Crippen molar-refractivity contribution in [3.05, 3.63) is 76.2 Å². The topological polar surface area (TPSA) is 47.8 Å². The summed E-state index contributed by atoms with van der Waals surface area (Å²) in [4.78, 5) is 26.0. The normalized spacial score (nSPS) is 11.1. The first-order chi connectivity index (χ1) is 12.2. The number of hydrogen-bond acceptors (Lipinski definition) is 4. The highest BCUT2D eigenvalue weighted by molar-refractivity contribution is 7.12. The second-order valence-corrected chi connectivity index (χ2v) is 6.54. The van der Waals surface area contributed by atoms with Crippen molar-refractivity contribution in [2.24, 2.45) is 0 Å². The Balaban J connectivity index is 2.03. The minimum atomic E-state index is -0.415. The zero-order valence-corrected chi connectivity index (χ0v) is 14.4. The molecule has 25 heavy (non-hydrogen) atoms. The van der Waals surface area contributed by atoms with E-state index in [0.717, 1.165) is 10.8 Å². The number of carbonyl (C=O) groups is 2. The highest BCUT2D eigenvalue weighted by atomic mass is 32.1. The number of rotatable bonds is 4. The molecule has 0 aliphatic heterocycles. The average molecular weight is 349 g/mol. The van der Waals surface area contributed by atoms with Crippen molar-refractivity contribution in [3.63, 3.8) is 0 Å². The molecule has 3 aromatic heterocycles. The Hall–Kier alpha value is -2.92. The molecule has 0 bridgehead atoms. The molecule has 5 heteroatoms. The number of nitrogens with zero attached hydrogens (tertiary/aromatic N) is 1. The third-order valence-electron chi connectivity index (χ3n) is 4.13. The second kappa shape index (κ2) is 6.18. The molecule has 0 N–H and O–H groups in total. The molecule has 3 heterocycles. The summed E-state index contributed by atoms with van der Waals surface area (Å²) < 4.78 is 7.00. The van der Waals surface area contributed by atoms with Gasteiger partial charge in [-0.15, -0.1) is 11.3 Å². The first-order valence-electron chi connectivity index (χ1n) is 7.99. The zero-order chi connectivity index (χ0) is 17.4. The van der Waals surface area contributed by atoms with Crippen molar-refractivity contribution in [1.29, 1.82) is 0 Å². The number of ether oxygens (including phenoxy) is 1. The first-order valence-corrected chi connectivity index (χ1v) is 8.87. The number of benzene rings is 1. The third-order valence-corrected chi connectivity index (χ3v) is 5.00. The molecule has 4 aromatic rings. The molecular formula is C20H15NO3S. The van der Waals surface area contributed by atoms with Crippen molar-refractivity contribution in [3.8, 4) is 0 Å². The quantitative estimate of drug-likeness (QED) is 0.401. The average Bonchev–Trinajstić information content (AvgIpc) is 3.29. The van der Waals surface area contributed by atoms with Gasteiger partial charge in [0, 0.05) is 11.6 Å². The van der Waals surface area contributed by atoms with Crippen molar-refractivity contribution in [2.45, 2.75) is 6.92 Å². The van der Waals surface area contributed by atoms with Gasteiger partial charge in [-0.25, -0.2) is 4.79 Å². The predicted octanol–water partition coefficient (Wildman–Crippen LogP) is 4.56. The molecular weight excluding hydrogens is 334 g/mol. The Morgan fingerprint density at radius 2 is 1.96 bits per heavy atom. The van der Waals surface area contributed by atoms with Gasteiger partial charge in [-0.2, -0.15) is 0 Å². The maximum atomic E-state index is 12.9. The van der Waals surface area contributed by atoms with Crippen LogP contribution in [0.2, 0.25) is 0 Å². The summed E-state index contributed by atoms with van der Waals surface area (Å²) in [5.41, 5.74) is 1.58. The van der Waals surface area contributed by atoms with Crippen molar-refractivity contribution in [1.82, 2.24) is 4.40 Å². The second-order valence-electron chi connectivity index (χ2n) is 5.59. The maximum Gasteiger partial charge on any atom is 0.340 e. The lowest BCUT2D eigenvalue weighted by Crippen LogP contribution is -2.04. The molecule has 0 amide bonds. The third kappa shape index (κ3) is 2.53. The maximum absolute atomic E-state index is 12.9. The Bertz CT molecular complexity index is 1090. The van der Waals surface area contributed by atoms with E-state index in [-0.39, 0.29) is 12.4 Å². The van der Waals surface area contributed by atoms with Crippen molar-refractivity contribution >= 4 is 39.4 Å². The van der Waals surface area contributed by atoms with Crippen LogP contribution in [0.1, 0.15) is 32.6 Å². The number of pyridine rings is 1. The highest BCUT2D eigenvalue weighted by Crippen LogP contribution is 2.28. The lowest BCUT2D eigenvalue weighted by atomic mass is 10.1. The Labute approximate surface area is 148 Å².